The zero-order valence-electron chi connectivity index (χ0n) is 11.2. The van der Waals surface area contributed by atoms with E-state index in [1.54, 1.807) is 0 Å². The predicted molar refractivity (Wildman–Crippen MR) is 79.9 cm³/mol. The Bertz CT molecular complexity index is 690. The van der Waals surface area contributed by atoms with Gasteiger partial charge in [-0.3, -0.25) is 0 Å². The van der Waals surface area contributed by atoms with E-state index in [0.717, 1.165) is 0 Å². The first-order valence-electron chi connectivity index (χ1n) is 6.96. The summed E-state index contributed by atoms with van der Waals surface area (Å²) in [6, 6.07) is 11.4. The molecule has 2 aromatic rings. The summed E-state index contributed by atoms with van der Waals surface area (Å²) in [4.78, 5) is 0. The SMILES string of the molecule is CC(C)Cc1cccc2cc3c(cc12)=CCCC=3. The highest BCUT2D eigenvalue weighted by atomic mass is 14.1. The molecule has 0 amide bonds. The van der Waals surface area contributed by atoms with Gasteiger partial charge in [0.05, 0.1) is 0 Å². The molecule has 0 spiro atoms. The molecule has 0 aromatic heterocycles. The fourth-order valence-electron chi connectivity index (χ4n) is 2.87. The minimum Gasteiger partial charge on any atom is -0.0763 e. The van der Waals surface area contributed by atoms with Crippen molar-refractivity contribution in [3.05, 3.63) is 46.3 Å². The number of rotatable bonds is 2. The molecular formula is C18H20. The minimum absolute atomic E-state index is 0.710. The van der Waals surface area contributed by atoms with Crippen LogP contribution in [0.1, 0.15) is 32.3 Å². The molecule has 2 aromatic carbocycles. The van der Waals surface area contributed by atoms with Crippen LogP contribution >= 0.6 is 0 Å². The van der Waals surface area contributed by atoms with Gasteiger partial charge in [0.15, 0.2) is 0 Å². The van der Waals surface area contributed by atoms with Crippen LogP contribution in [0.2, 0.25) is 0 Å². The third kappa shape index (κ3) is 2.08. The normalized spacial score (nSPS) is 14.2. The highest BCUT2D eigenvalue weighted by molar-refractivity contribution is 5.86. The molecule has 0 bridgehead atoms. The zero-order chi connectivity index (χ0) is 12.5. The molecule has 0 heterocycles. The first-order chi connectivity index (χ1) is 8.74. The standard InChI is InChI=1S/C18H20/c1-13(2)10-16-8-5-9-17-11-14-6-3-4-7-15(14)12-18(16)17/h5-9,11-13H,3-4,10H2,1-2H3. The van der Waals surface area contributed by atoms with Crippen molar-refractivity contribution in [1.29, 1.82) is 0 Å². The second-order valence-electron chi connectivity index (χ2n) is 5.70. The number of fused-ring (bicyclic) bond motifs is 2. The molecule has 0 nitrogen and oxygen atoms in total. The molecule has 18 heavy (non-hydrogen) atoms. The van der Waals surface area contributed by atoms with Crippen molar-refractivity contribution < 1.29 is 0 Å². The third-order valence-corrected chi connectivity index (χ3v) is 3.70. The lowest BCUT2D eigenvalue weighted by Gasteiger charge is -2.10. The van der Waals surface area contributed by atoms with Crippen LogP contribution in [-0.4, -0.2) is 0 Å². The van der Waals surface area contributed by atoms with Gasteiger partial charge in [-0.05, 0) is 64.1 Å². The Morgan fingerprint density at radius 3 is 2.44 bits per heavy atom. The smallest absolute Gasteiger partial charge is 0.0146 e. The summed E-state index contributed by atoms with van der Waals surface area (Å²) in [6.45, 7) is 4.58. The van der Waals surface area contributed by atoms with Crippen LogP contribution in [0.15, 0.2) is 30.3 Å². The maximum atomic E-state index is 2.39. The van der Waals surface area contributed by atoms with Crippen LogP contribution in [0, 0.1) is 5.92 Å². The first-order valence-corrected chi connectivity index (χ1v) is 6.96. The predicted octanol–water partition coefficient (Wildman–Crippen LogP) is 3.39. The summed E-state index contributed by atoms with van der Waals surface area (Å²) in [5.41, 5.74) is 1.49. The van der Waals surface area contributed by atoms with E-state index in [1.807, 2.05) is 0 Å². The molecule has 0 fully saturated rings. The molecule has 0 aliphatic heterocycles. The van der Waals surface area contributed by atoms with Crippen LogP contribution in [0.5, 0.6) is 0 Å². The molecule has 3 rings (SSSR count). The van der Waals surface area contributed by atoms with E-state index < -0.39 is 0 Å². The number of hydrogen-bond donors (Lipinski definition) is 0. The maximum absolute atomic E-state index is 2.39. The molecule has 1 aliphatic carbocycles. The molecule has 0 unspecified atom stereocenters. The molecule has 92 valence electrons. The molecule has 0 saturated heterocycles. The largest absolute Gasteiger partial charge is 0.0763 e. The highest BCUT2D eigenvalue weighted by Crippen LogP contribution is 2.19. The fourth-order valence-corrected chi connectivity index (χ4v) is 2.87. The molecule has 1 aliphatic rings. The average Bonchev–Trinajstić information content (AvgIpc) is 2.36. The van der Waals surface area contributed by atoms with E-state index in [4.69, 9.17) is 0 Å². The lowest BCUT2D eigenvalue weighted by atomic mass is 9.95. The highest BCUT2D eigenvalue weighted by Gasteiger charge is 2.04. The maximum Gasteiger partial charge on any atom is -0.0146 e. The average molecular weight is 236 g/mol. The van der Waals surface area contributed by atoms with Crippen molar-refractivity contribution in [2.45, 2.75) is 33.1 Å². The Kier molecular flexibility index (Phi) is 2.95. The Morgan fingerprint density at radius 1 is 1.00 bits per heavy atom. The van der Waals surface area contributed by atoms with Crippen molar-refractivity contribution >= 4 is 22.9 Å². The zero-order valence-corrected chi connectivity index (χ0v) is 11.2. The van der Waals surface area contributed by atoms with E-state index in [0.29, 0.717) is 5.92 Å². The molecule has 0 atom stereocenters. The van der Waals surface area contributed by atoms with Gasteiger partial charge in [0.25, 0.3) is 0 Å². The molecule has 0 N–H and O–H groups in total. The summed E-state index contributed by atoms with van der Waals surface area (Å²) >= 11 is 0. The van der Waals surface area contributed by atoms with Gasteiger partial charge < -0.3 is 0 Å². The summed E-state index contributed by atoms with van der Waals surface area (Å²) in [5.74, 6) is 0.710. The fraction of sp³-hybridized carbons (Fsp3) is 0.333. The number of hydrogen-bond acceptors (Lipinski definition) is 0. The summed E-state index contributed by atoms with van der Waals surface area (Å²) in [6.07, 6.45) is 8.28. The Hall–Kier alpha value is -1.56. The van der Waals surface area contributed by atoms with Crippen LogP contribution in [0.4, 0.5) is 0 Å². The lowest BCUT2D eigenvalue weighted by Crippen LogP contribution is -2.26. The second kappa shape index (κ2) is 4.61. The van der Waals surface area contributed by atoms with Crippen molar-refractivity contribution in [3.8, 4) is 0 Å². The van der Waals surface area contributed by atoms with Crippen molar-refractivity contribution in [2.75, 3.05) is 0 Å². The topological polar surface area (TPSA) is 0 Å². The van der Waals surface area contributed by atoms with Crippen LogP contribution in [0.25, 0.3) is 22.9 Å². The summed E-state index contributed by atoms with van der Waals surface area (Å²) < 4.78 is 0. The van der Waals surface area contributed by atoms with Gasteiger partial charge in [0.1, 0.15) is 0 Å². The molecule has 0 saturated carbocycles. The van der Waals surface area contributed by atoms with Gasteiger partial charge in [-0.25, -0.2) is 0 Å². The quantitative estimate of drug-likeness (QED) is 0.750. The van der Waals surface area contributed by atoms with Crippen LogP contribution in [0.3, 0.4) is 0 Å². The van der Waals surface area contributed by atoms with Crippen molar-refractivity contribution in [2.24, 2.45) is 5.92 Å². The van der Waals surface area contributed by atoms with Gasteiger partial charge in [0.2, 0.25) is 0 Å². The van der Waals surface area contributed by atoms with Gasteiger partial charge in [-0.1, -0.05) is 44.2 Å². The van der Waals surface area contributed by atoms with Crippen molar-refractivity contribution in [1.82, 2.24) is 0 Å². The summed E-state index contributed by atoms with van der Waals surface area (Å²) in [5, 5.41) is 5.66. The van der Waals surface area contributed by atoms with E-state index >= 15 is 0 Å². The van der Waals surface area contributed by atoms with E-state index in [2.05, 4.69) is 56.3 Å². The molecule has 0 heteroatoms. The van der Waals surface area contributed by atoms with Crippen LogP contribution in [-0.2, 0) is 6.42 Å². The Morgan fingerprint density at radius 2 is 1.72 bits per heavy atom. The van der Waals surface area contributed by atoms with Crippen LogP contribution < -0.4 is 10.4 Å². The Labute approximate surface area is 109 Å². The minimum atomic E-state index is 0.710. The number of benzene rings is 2. The monoisotopic (exact) mass is 236 g/mol. The lowest BCUT2D eigenvalue weighted by molar-refractivity contribution is 0.650. The second-order valence-corrected chi connectivity index (χ2v) is 5.70. The van der Waals surface area contributed by atoms with Gasteiger partial charge >= 0.3 is 0 Å². The van der Waals surface area contributed by atoms with E-state index in [1.165, 1.54) is 46.0 Å². The third-order valence-electron chi connectivity index (χ3n) is 3.70. The van der Waals surface area contributed by atoms with Gasteiger partial charge in [-0.15, -0.1) is 0 Å². The van der Waals surface area contributed by atoms with E-state index in [9.17, 15) is 0 Å². The van der Waals surface area contributed by atoms with Crippen molar-refractivity contribution in [3.63, 3.8) is 0 Å². The molecular weight excluding hydrogens is 216 g/mol. The van der Waals surface area contributed by atoms with Gasteiger partial charge in [0, 0.05) is 0 Å². The first kappa shape index (κ1) is 11.5. The summed E-state index contributed by atoms with van der Waals surface area (Å²) in [7, 11) is 0. The van der Waals surface area contributed by atoms with Gasteiger partial charge in [-0.2, -0.15) is 0 Å². The Balaban J connectivity index is 2.28. The van der Waals surface area contributed by atoms with E-state index in [-0.39, 0.29) is 0 Å². The molecule has 0 radical (unpaired) electrons.